The molecule has 0 aliphatic heterocycles. The number of carboxylic acids is 1. The minimum Gasteiger partial charge on any atom is -0.478 e. The Bertz CT molecular complexity index is 1980. The second kappa shape index (κ2) is 9.96. The predicted octanol–water partition coefficient (Wildman–Crippen LogP) is 6.98. The lowest BCUT2D eigenvalue weighted by molar-refractivity contribution is 0.0696. The van der Waals surface area contributed by atoms with Crippen LogP contribution in [0.3, 0.4) is 0 Å². The summed E-state index contributed by atoms with van der Waals surface area (Å²) in [6.45, 7) is 1.89. The van der Waals surface area contributed by atoms with Gasteiger partial charge in [-0.3, -0.25) is 4.79 Å². The molecule has 0 unspecified atom stereocenters. The Hall–Kier alpha value is -5.30. The van der Waals surface area contributed by atoms with E-state index in [0.29, 0.717) is 16.6 Å². The molecule has 0 spiro atoms. The first kappa shape index (κ1) is 25.7. The molecule has 0 bridgehead atoms. The first-order chi connectivity index (χ1) is 20.4. The number of carbonyl (C=O) groups excluding carboxylic acids is 1. The van der Waals surface area contributed by atoms with Gasteiger partial charge in [0.15, 0.2) is 0 Å². The number of rotatable bonds is 7. The normalized spacial score (nSPS) is 14.5. The van der Waals surface area contributed by atoms with Crippen LogP contribution in [0.5, 0.6) is 0 Å². The van der Waals surface area contributed by atoms with Crippen molar-refractivity contribution in [3.8, 4) is 11.1 Å². The number of aromatic nitrogens is 3. The van der Waals surface area contributed by atoms with E-state index in [1.165, 1.54) is 5.39 Å². The van der Waals surface area contributed by atoms with Gasteiger partial charge in [0, 0.05) is 0 Å². The van der Waals surface area contributed by atoms with Gasteiger partial charge in [-0.2, -0.15) is 0 Å². The fraction of sp³-hybridized carbons (Fsp3) is 0.143. The zero-order valence-electron chi connectivity index (χ0n) is 23.0. The average molecular weight is 553 g/mol. The van der Waals surface area contributed by atoms with Crippen LogP contribution in [0.25, 0.3) is 32.9 Å². The lowest BCUT2D eigenvalue weighted by atomic mass is 9.98. The van der Waals surface area contributed by atoms with Crippen molar-refractivity contribution < 1.29 is 14.7 Å². The van der Waals surface area contributed by atoms with Crippen molar-refractivity contribution in [2.24, 2.45) is 0 Å². The van der Waals surface area contributed by atoms with E-state index in [9.17, 15) is 14.7 Å². The van der Waals surface area contributed by atoms with Crippen molar-refractivity contribution in [2.75, 3.05) is 0 Å². The van der Waals surface area contributed by atoms with Crippen LogP contribution in [-0.2, 0) is 5.54 Å². The Morgan fingerprint density at radius 1 is 0.833 bits per heavy atom. The highest BCUT2D eigenvalue weighted by Crippen LogP contribution is 2.51. The molecule has 206 valence electrons. The summed E-state index contributed by atoms with van der Waals surface area (Å²) in [5.41, 5.74) is 5.51. The maximum absolute atomic E-state index is 14.0. The largest absolute Gasteiger partial charge is 0.478 e. The molecule has 7 heteroatoms. The van der Waals surface area contributed by atoms with Gasteiger partial charge in [-0.25, -0.2) is 9.48 Å². The summed E-state index contributed by atoms with van der Waals surface area (Å²) >= 11 is 0. The van der Waals surface area contributed by atoms with Gasteiger partial charge in [0.1, 0.15) is 11.0 Å². The van der Waals surface area contributed by atoms with Crippen molar-refractivity contribution in [2.45, 2.75) is 31.3 Å². The van der Waals surface area contributed by atoms with E-state index < -0.39 is 5.97 Å². The minimum atomic E-state index is -0.987. The van der Waals surface area contributed by atoms with Gasteiger partial charge in [0.2, 0.25) is 0 Å². The Morgan fingerprint density at radius 2 is 1.55 bits per heavy atom. The third-order valence-corrected chi connectivity index (χ3v) is 8.32. The summed E-state index contributed by atoms with van der Waals surface area (Å²) in [5.74, 6) is -1.23. The molecular weight excluding hydrogens is 524 g/mol. The lowest BCUT2D eigenvalue weighted by Gasteiger charge is -2.20. The molecule has 1 saturated carbocycles. The summed E-state index contributed by atoms with van der Waals surface area (Å²) in [6.07, 6.45) is 1.80. The fourth-order valence-corrected chi connectivity index (χ4v) is 5.82. The van der Waals surface area contributed by atoms with Crippen molar-refractivity contribution in [3.63, 3.8) is 0 Å². The Labute approximate surface area is 242 Å². The van der Waals surface area contributed by atoms with Crippen LogP contribution in [0.1, 0.15) is 57.7 Å². The van der Waals surface area contributed by atoms with E-state index in [1.54, 1.807) is 24.3 Å². The molecule has 2 N–H and O–H groups in total. The second-order valence-electron chi connectivity index (χ2n) is 11.0. The highest BCUT2D eigenvalue weighted by molar-refractivity contribution is 6.07. The number of nitrogens with zero attached hydrogens (tertiary/aromatic N) is 3. The van der Waals surface area contributed by atoms with Gasteiger partial charge in [-0.1, -0.05) is 84.1 Å². The van der Waals surface area contributed by atoms with Gasteiger partial charge in [0.25, 0.3) is 5.91 Å². The summed E-state index contributed by atoms with van der Waals surface area (Å²) in [7, 11) is 0. The smallest absolute Gasteiger partial charge is 0.335 e. The molecule has 1 amide bonds. The Kier molecular flexibility index (Phi) is 6.08. The highest BCUT2D eigenvalue weighted by Gasteiger charge is 2.49. The molecule has 6 aromatic rings. The van der Waals surface area contributed by atoms with Crippen LogP contribution in [-0.4, -0.2) is 32.0 Å². The Balaban J connectivity index is 1.33. The number of hydrogen-bond acceptors (Lipinski definition) is 4. The minimum absolute atomic E-state index is 0.202. The first-order valence-corrected chi connectivity index (χ1v) is 14.0. The average Bonchev–Trinajstić information content (AvgIpc) is 3.72. The molecule has 0 radical (unpaired) electrons. The standard InChI is InChI=1S/C35H28N4O3/c1-22(23-11-13-26(14-12-23)34(41)42)36-33(40)30-20-28(24-7-3-2-4-8-24)21-31-32(30)39(38-37-31)35(17-18-35)29-16-15-25-9-5-6-10-27(25)19-29/h2-16,19-22H,17-18H2,1H3,(H,36,40)(H,41,42)/t22-/m0/s1. The van der Waals surface area contributed by atoms with Crippen molar-refractivity contribution in [1.29, 1.82) is 0 Å². The summed E-state index contributed by atoms with van der Waals surface area (Å²) in [5, 5.41) is 24.0. The van der Waals surface area contributed by atoms with E-state index in [2.05, 4.69) is 46.0 Å². The fourth-order valence-electron chi connectivity index (χ4n) is 5.82. The van der Waals surface area contributed by atoms with Crippen molar-refractivity contribution in [1.82, 2.24) is 20.3 Å². The molecular formula is C35H28N4O3. The van der Waals surface area contributed by atoms with Gasteiger partial charge >= 0.3 is 5.97 Å². The van der Waals surface area contributed by atoms with Crippen LogP contribution in [0.2, 0.25) is 0 Å². The van der Waals surface area contributed by atoms with Crippen LogP contribution >= 0.6 is 0 Å². The maximum Gasteiger partial charge on any atom is 0.335 e. The molecule has 1 aliphatic carbocycles. The monoisotopic (exact) mass is 552 g/mol. The van der Waals surface area contributed by atoms with Crippen LogP contribution in [0.15, 0.2) is 109 Å². The van der Waals surface area contributed by atoms with Crippen molar-refractivity contribution >= 4 is 33.7 Å². The molecule has 1 atom stereocenters. The van der Waals surface area contributed by atoms with Gasteiger partial charge < -0.3 is 10.4 Å². The molecule has 7 nitrogen and oxygen atoms in total. The lowest BCUT2D eigenvalue weighted by Crippen LogP contribution is -2.28. The summed E-state index contributed by atoms with van der Waals surface area (Å²) in [4.78, 5) is 25.3. The van der Waals surface area contributed by atoms with Crippen LogP contribution in [0, 0.1) is 0 Å². The molecule has 42 heavy (non-hydrogen) atoms. The topological polar surface area (TPSA) is 97.1 Å². The number of carbonyl (C=O) groups is 2. The quantitative estimate of drug-likeness (QED) is 0.223. The third-order valence-electron chi connectivity index (χ3n) is 8.32. The number of amides is 1. The van der Waals surface area contributed by atoms with E-state index >= 15 is 0 Å². The molecule has 7 rings (SSSR count). The number of aromatic carboxylic acids is 1. The van der Waals surface area contributed by atoms with Gasteiger partial charge in [0.05, 0.1) is 22.7 Å². The highest BCUT2D eigenvalue weighted by atomic mass is 16.4. The molecule has 1 aliphatic rings. The molecule has 1 heterocycles. The number of carboxylic acid groups (broad SMARTS) is 1. The molecule has 5 aromatic carbocycles. The zero-order valence-corrected chi connectivity index (χ0v) is 23.0. The Morgan fingerprint density at radius 3 is 2.26 bits per heavy atom. The zero-order chi connectivity index (χ0) is 28.8. The first-order valence-electron chi connectivity index (χ1n) is 14.0. The molecule has 1 aromatic heterocycles. The van der Waals surface area contributed by atoms with E-state index in [0.717, 1.165) is 40.5 Å². The van der Waals surface area contributed by atoms with Gasteiger partial charge in [-0.15, -0.1) is 5.10 Å². The number of nitrogens with one attached hydrogen (secondary N) is 1. The maximum atomic E-state index is 14.0. The van der Waals surface area contributed by atoms with E-state index in [1.807, 2.05) is 66.2 Å². The number of fused-ring (bicyclic) bond motifs is 2. The van der Waals surface area contributed by atoms with Crippen LogP contribution in [0.4, 0.5) is 0 Å². The van der Waals surface area contributed by atoms with Crippen molar-refractivity contribution in [3.05, 3.63) is 131 Å². The number of hydrogen-bond donors (Lipinski definition) is 2. The summed E-state index contributed by atoms with van der Waals surface area (Å²) < 4.78 is 1.95. The second-order valence-corrected chi connectivity index (χ2v) is 11.0. The SMILES string of the molecule is C[C@H](NC(=O)c1cc(-c2ccccc2)cc2nnn(C3(c4ccc5ccccc5c4)CC3)c12)c1ccc(C(=O)O)cc1. The van der Waals surface area contributed by atoms with Gasteiger partial charge in [-0.05, 0) is 83.1 Å². The van der Waals surface area contributed by atoms with Crippen LogP contribution < -0.4 is 5.32 Å². The van der Waals surface area contributed by atoms with E-state index in [-0.39, 0.29) is 23.1 Å². The predicted molar refractivity (Wildman–Crippen MR) is 163 cm³/mol. The summed E-state index contributed by atoms with van der Waals surface area (Å²) in [6, 6.07) is 34.9. The molecule has 1 fully saturated rings. The number of benzene rings is 5. The third kappa shape index (κ3) is 4.39. The molecule has 0 saturated heterocycles. The van der Waals surface area contributed by atoms with E-state index in [4.69, 9.17) is 0 Å².